The largest absolute Gasteiger partial charge is 0.497 e. The fourth-order valence-electron chi connectivity index (χ4n) is 4.62. The molecule has 1 aliphatic carbocycles. The lowest BCUT2D eigenvalue weighted by Gasteiger charge is -2.35. The Bertz CT molecular complexity index is 1290. The van der Waals surface area contributed by atoms with Crippen LogP contribution in [0.1, 0.15) is 36.2 Å². The fraction of sp³-hybridized carbons (Fsp3) is 0.385. The molecule has 1 aliphatic heterocycles. The number of halogens is 1. The lowest BCUT2D eigenvalue weighted by atomic mass is 10.1. The minimum absolute atomic E-state index is 0.00549. The van der Waals surface area contributed by atoms with Crippen LogP contribution in [0.25, 0.3) is 10.9 Å². The molecule has 3 aromatic rings. The highest BCUT2D eigenvalue weighted by Crippen LogP contribution is 2.38. The van der Waals surface area contributed by atoms with E-state index in [0.717, 1.165) is 45.6 Å². The van der Waals surface area contributed by atoms with Crippen LogP contribution in [0.2, 0.25) is 0 Å². The first-order valence-corrected chi connectivity index (χ1v) is 11.8. The Morgan fingerprint density at radius 2 is 1.91 bits per heavy atom. The van der Waals surface area contributed by atoms with Crippen molar-refractivity contribution < 1.29 is 13.9 Å². The van der Waals surface area contributed by atoms with Crippen LogP contribution >= 0.6 is 0 Å². The van der Waals surface area contributed by atoms with Crippen LogP contribution < -0.4 is 20.4 Å². The second-order valence-corrected chi connectivity index (χ2v) is 8.94. The number of nitrogens with zero attached hydrogens (tertiary/aromatic N) is 3. The summed E-state index contributed by atoms with van der Waals surface area (Å²) in [6, 6.07) is 10.2. The molecule has 0 radical (unpaired) electrons. The van der Waals surface area contributed by atoms with Crippen molar-refractivity contribution in [1.29, 1.82) is 0 Å². The summed E-state index contributed by atoms with van der Waals surface area (Å²) >= 11 is 0. The highest BCUT2D eigenvalue weighted by atomic mass is 19.1. The normalized spacial score (nSPS) is 16.6. The van der Waals surface area contributed by atoms with Gasteiger partial charge in [0.1, 0.15) is 17.1 Å². The van der Waals surface area contributed by atoms with Gasteiger partial charge < -0.3 is 24.4 Å². The maximum Gasteiger partial charge on any atom is 0.261 e. The smallest absolute Gasteiger partial charge is 0.261 e. The number of methoxy groups -OCH3 is 1. The Morgan fingerprint density at radius 1 is 1.15 bits per heavy atom. The molecule has 2 aliphatic rings. The Balaban J connectivity index is 1.53. The van der Waals surface area contributed by atoms with Crippen molar-refractivity contribution in [2.75, 3.05) is 50.1 Å². The molecule has 0 spiro atoms. The number of aromatic nitrogens is 1. The van der Waals surface area contributed by atoms with Crippen molar-refractivity contribution in [3.05, 3.63) is 64.2 Å². The summed E-state index contributed by atoms with van der Waals surface area (Å²) in [5.74, 6) is -0.349. The molecule has 7 nitrogen and oxygen atoms in total. The van der Waals surface area contributed by atoms with Crippen LogP contribution in [0.15, 0.2) is 47.4 Å². The summed E-state index contributed by atoms with van der Waals surface area (Å²) in [4.78, 5) is 30.8. The number of pyridine rings is 1. The molecule has 1 N–H and O–H groups in total. The van der Waals surface area contributed by atoms with E-state index < -0.39 is 17.2 Å². The number of rotatable bonds is 6. The average Bonchev–Trinajstić information content (AvgIpc) is 3.70. The zero-order valence-electron chi connectivity index (χ0n) is 19.5. The second-order valence-electron chi connectivity index (χ2n) is 8.94. The monoisotopic (exact) mass is 464 g/mol. The number of ether oxygens (including phenoxy) is 1. The zero-order chi connectivity index (χ0) is 23.8. The van der Waals surface area contributed by atoms with Crippen LogP contribution in [-0.4, -0.2) is 55.2 Å². The third-order valence-electron chi connectivity index (χ3n) is 6.77. The molecule has 1 amide bonds. The third-order valence-corrected chi connectivity index (χ3v) is 6.77. The van der Waals surface area contributed by atoms with Crippen LogP contribution in [-0.2, 0) is 0 Å². The molecular weight excluding hydrogens is 435 g/mol. The van der Waals surface area contributed by atoms with Gasteiger partial charge in [0.05, 0.1) is 18.3 Å². The van der Waals surface area contributed by atoms with Gasteiger partial charge in [0, 0.05) is 55.6 Å². The van der Waals surface area contributed by atoms with Crippen LogP contribution in [0.3, 0.4) is 0 Å². The Labute approximate surface area is 197 Å². The second kappa shape index (κ2) is 9.10. The van der Waals surface area contributed by atoms with Crippen LogP contribution in [0.4, 0.5) is 15.8 Å². The molecule has 1 saturated heterocycles. The van der Waals surface area contributed by atoms with E-state index in [1.54, 1.807) is 43.6 Å². The molecule has 2 aromatic carbocycles. The Morgan fingerprint density at radius 3 is 2.59 bits per heavy atom. The summed E-state index contributed by atoms with van der Waals surface area (Å²) in [5.41, 5.74) is 1.26. The number of anilines is 2. The molecule has 0 atom stereocenters. The topological polar surface area (TPSA) is 66.8 Å². The van der Waals surface area contributed by atoms with Gasteiger partial charge in [-0.3, -0.25) is 9.59 Å². The highest BCUT2D eigenvalue weighted by molar-refractivity contribution is 6.06. The van der Waals surface area contributed by atoms with Gasteiger partial charge in [-0.25, -0.2) is 4.39 Å². The number of nitrogens with one attached hydrogen (secondary N) is 1. The maximum atomic E-state index is 15.3. The van der Waals surface area contributed by atoms with Gasteiger partial charge in [-0.2, -0.15) is 0 Å². The van der Waals surface area contributed by atoms with Crippen molar-refractivity contribution in [3.8, 4) is 5.75 Å². The molecule has 0 bridgehead atoms. The van der Waals surface area contributed by atoms with Crippen molar-refractivity contribution >= 4 is 28.2 Å². The van der Waals surface area contributed by atoms with E-state index >= 15 is 4.39 Å². The van der Waals surface area contributed by atoms with E-state index in [2.05, 4.69) is 17.1 Å². The van der Waals surface area contributed by atoms with Crippen molar-refractivity contribution in [2.45, 2.75) is 25.8 Å². The molecule has 2 heterocycles. The molecule has 1 saturated carbocycles. The molecule has 5 rings (SSSR count). The number of piperazine rings is 1. The highest BCUT2D eigenvalue weighted by Gasteiger charge is 2.28. The van der Waals surface area contributed by atoms with Crippen molar-refractivity contribution in [3.63, 3.8) is 0 Å². The van der Waals surface area contributed by atoms with Crippen LogP contribution in [0, 0.1) is 5.82 Å². The summed E-state index contributed by atoms with van der Waals surface area (Å²) in [7, 11) is 1.55. The lowest BCUT2D eigenvalue weighted by molar-refractivity contribution is 0.102. The fourth-order valence-corrected chi connectivity index (χ4v) is 4.62. The Hall–Kier alpha value is -3.39. The van der Waals surface area contributed by atoms with Gasteiger partial charge in [-0.15, -0.1) is 0 Å². The number of benzene rings is 2. The van der Waals surface area contributed by atoms with E-state index in [9.17, 15) is 9.59 Å². The quantitative estimate of drug-likeness (QED) is 0.600. The van der Waals surface area contributed by atoms with Gasteiger partial charge in [-0.05, 0) is 43.7 Å². The minimum Gasteiger partial charge on any atom is -0.497 e. The SMILES string of the molecule is CCN1CCN(c2cc3c(cc2F)c(=O)c(C(=O)Nc2cccc(OC)c2)cn3C2CC2)CC1. The molecule has 0 unspecified atom stereocenters. The van der Waals surface area contributed by atoms with E-state index in [0.29, 0.717) is 22.6 Å². The van der Waals surface area contributed by atoms with E-state index in [1.807, 2.05) is 9.47 Å². The number of carbonyl (C=O) groups excluding carboxylic acids is 1. The zero-order valence-corrected chi connectivity index (χ0v) is 19.5. The summed E-state index contributed by atoms with van der Waals surface area (Å²) in [6.07, 6.45) is 3.57. The minimum atomic E-state index is -0.519. The predicted molar refractivity (Wildman–Crippen MR) is 132 cm³/mol. The summed E-state index contributed by atoms with van der Waals surface area (Å²) in [5, 5.41) is 3.01. The number of amides is 1. The van der Waals surface area contributed by atoms with E-state index in [1.165, 1.54) is 6.07 Å². The average molecular weight is 465 g/mol. The standard InChI is InChI=1S/C26H29FN4O3/c1-3-29-9-11-30(12-10-29)24-15-23-20(14-22(24)27)25(32)21(16-31(23)18-7-8-18)26(33)28-17-5-4-6-19(13-17)34-2/h4-6,13-16,18H,3,7-12H2,1-2H3,(H,28,33). The van der Waals surface area contributed by atoms with Gasteiger partial charge in [0.15, 0.2) is 0 Å². The van der Waals surface area contributed by atoms with Crippen LogP contribution in [0.5, 0.6) is 5.75 Å². The number of carbonyl (C=O) groups is 1. The third kappa shape index (κ3) is 4.25. The number of hydrogen-bond acceptors (Lipinski definition) is 5. The first-order valence-electron chi connectivity index (χ1n) is 11.8. The molecular formula is C26H29FN4O3. The first kappa shape index (κ1) is 22.4. The first-order chi connectivity index (χ1) is 16.5. The molecule has 2 fully saturated rings. The Kier molecular flexibility index (Phi) is 6.00. The molecule has 8 heteroatoms. The molecule has 1 aromatic heterocycles. The number of fused-ring (bicyclic) bond motifs is 1. The van der Waals surface area contributed by atoms with Gasteiger partial charge in [-0.1, -0.05) is 13.0 Å². The van der Waals surface area contributed by atoms with E-state index in [-0.39, 0.29) is 17.0 Å². The number of likely N-dealkylation sites (N-methyl/N-ethyl adjacent to an activating group) is 1. The molecule has 178 valence electrons. The van der Waals surface area contributed by atoms with Crippen molar-refractivity contribution in [1.82, 2.24) is 9.47 Å². The maximum absolute atomic E-state index is 15.3. The summed E-state index contributed by atoms with van der Waals surface area (Å²) < 4.78 is 22.4. The predicted octanol–water partition coefficient (Wildman–Crippen LogP) is 3.88. The van der Waals surface area contributed by atoms with Gasteiger partial charge in [0.2, 0.25) is 5.43 Å². The van der Waals surface area contributed by atoms with E-state index in [4.69, 9.17) is 4.74 Å². The van der Waals surface area contributed by atoms with Gasteiger partial charge in [0.25, 0.3) is 5.91 Å². The van der Waals surface area contributed by atoms with Crippen molar-refractivity contribution in [2.24, 2.45) is 0 Å². The van der Waals surface area contributed by atoms with Gasteiger partial charge >= 0.3 is 0 Å². The lowest BCUT2D eigenvalue weighted by Crippen LogP contribution is -2.46. The summed E-state index contributed by atoms with van der Waals surface area (Å²) in [6.45, 7) is 6.36. The molecule has 34 heavy (non-hydrogen) atoms. The number of hydrogen-bond donors (Lipinski definition) is 1.